The lowest BCUT2D eigenvalue weighted by molar-refractivity contribution is -0.138. The van der Waals surface area contributed by atoms with Crippen molar-refractivity contribution in [2.24, 2.45) is 0 Å². The van der Waals surface area contributed by atoms with Crippen LogP contribution in [0.4, 0.5) is 27.1 Å². The van der Waals surface area contributed by atoms with E-state index in [9.17, 15) is 72.3 Å². The molecule has 346 valence electrons. The maximum Gasteiger partial charge on any atom is 0.256 e. The largest absolute Gasteiger partial charge is 0.322 e. The number of fused-ring (bicyclic) bond motifs is 2. The first kappa shape index (κ1) is 47.4. The summed E-state index contributed by atoms with van der Waals surface area (Å²) in [6.45, 7) is 2.27. The fourth-order valence-electron chi connectivity index (χ4n) is 7.22. The summed E-state index contributed by atoms with van der Waals surface area (Å²) in [5.74, 6) is -15.5. The zero-order valence-corrected chi connectivity index (χ0v) is 37.3. The SMILES string of the molecule is CC(=O)Nc1nc(C)c(S(=O)(=O)NCc2scc3c2CN(C2CCC(=O)NC2=O)C3=O)s1.O=C1CCC(N2Cc3c(csc3CNS(=O)(=O)c3c(F)c(F)c(F)c(F)c3F)C2=O)C(=O)N1. The van der Waals surface area contributed by atoms with E-state index in [1.165, 1.54) is 40.4 Å². The highest BCUT2D eigenvalue weighted by molar-refractivity contribution is 7.91. The van der Waals surface area contributed by atoms with Gasteiger partial charge in [-0.25, -0.2) is 53.2 Å². The van der Waals surface area contributed by atoms with E-state index in [4.69, 9.17) is 0 Å². The second-order valence-electron chi connectivity index (χ2n) is 14.5. The van der Waals surface area contributed by atoms with Crippen molar-refractivity contribution in [3.63, 3.8) is 0 Å². The molecule has 4 aliphatic rings. The summed E-state index contributed by atoms with van der Waals surface area (Å²) in [6, 6.07) is -1.64. The van der Waals surface area contributed by atoms with E-state index in [1.807, 2.05) is 0 Å². The van der Waals surface area contributed by atoms with Crippen molar-refractivity contribution in [2.75, 3.05) is 5.32 Å². The number of thiophene rings is 2. The van der Waals surface area contributed by atoms with E-state index in [0.29, 0.717) is 21.6 Å². The van der Waals surface area contributed by atoms with Gasteiger partial charge in [0.1, 0.15) is 12.1 Å². The van der Waals surface area contributed by atoms with Crippen LogP contribution < -0.4 is 25.4 Å². The molecule has 3 aromatic heterocycles. The van der Waals surface area contributed by atoms with Crippen LogP contribution in [-0.4, -0.2) is 85.1 Å². The van der Waals surface area contributed by atoms with Gasteiger partial charge in [-0.3, -0.25) is 44.2 Å². The molecule has 19 nitrogen and oxygen atoms in total. The summed E-state index contributed by atoms with van der Waals surface area (Å²) in [6.07, 6.45) is 0.551. The number of aryl methyl sites for hydroxylation is 1. The monoisotopic (exact) mass is 1010 g/mol. The predicted octanol–water partition coefficient (Wildman–Crippen LogP) is 2.39. The Morgan fingerprint density at radius 2 is 1.15 bits per heavy atom. The summed E-state index contributed by atoms with van der Waals surface area (Å²) in [5.41, 5.74) is 1.90. The number of hydrogen-bond donors (Lipinski definition) is 5. The molecular weight excluding hydrogens is 976 g/mol. The second-order valence-corrected chi connectivity index (χ2v) is 21.1. The average Bonchev–Trinajstić information content (AvgIpc) is 4.05. The van der Waals surface area contributed by atoms with Gasteiger partial charge in [-0.05, 0) is 30.9 Å². The lowest BCUT2D eigenvalue weighted by atomic mass is 10.0. The van der Waals surface area contributed by atoms with Crippen molar-refractivity contribution >= 4 is 101 Å². The van der Waals surface area contributed by atoms with E-state index in [2.05, 4.69) is 25.7 Å². The average molecular weight is 1010 g/mol. The van der Waals surface area contributed by atoms with E-state index >= 15 is 0 Å². The van der Waals surface area contributed by atoms with Crippen LogP contribution >= 0.6 is 34.0 Å². The summed E-state index contributed by atoms with van der Waals surface area (Å²) >= 11 is 3.05. The number of piperidine rings is 2. The van der Waals surface area contributed by atoms with Crippen molar-refractivity contribution in [1.29, 1.82) is 0 Å². The maximum absolute atomic E-state index is 13.9. The quantitative estimate of drug-likeness (QED) is 0.0628. The van der Waals surface area contributed by atoms with Crippen LogP contribution in [0.2, 0.25) is 0 Å². The smallest absolute Gasteiger partial charge is 0.256 e. The number of imide groups is 2. The Bertz CT molecular complexity index is 2950. The Kier molecular flexibility index (Phi) is 13.1. The number of rotatable bonds is 11. The molecule has 4 aliphatic heterocycles. The molecular formula is C36H31F5N8O11S5. The molecule has 29 heteroatoms. The summed E-state index contributed by atoms with van der Waals surface area (Å²) < 4.78 is 122. The standard InChI is InChI=1S/C18H12F5N3O5S2.C18H19N5O6S3/c19-11-12(20)14(22)16(15(23)13(11)21)33(30,31)24-3-9-6-4-26(18(29)7(6)5-32-9)8-1-2-10(27)25-17(8)28;1-8-17(31-18(20-8)21-9(2)24)32(28,29)19-5-13-10-6-23(16(27)11(10)7-30-13)12-3-4-14(25)22-15(12)26/h5,8,24H,1-4H2,(H,25,27,28);7,12,19H,3-6H2,1-2H3,(H,20,21,24)(H,22,25,26). The van der Waals surface area contributed by atoms with Crippen LogP contribution in [0.25, 0.3) is 0 Å². The molecule has 1 aromatic carbocycles. The van der Waals surface area contributed by atoms with Gasteiger partial charge in [0.25, 0.3) is 21.8 Å². The van der Waals surface area contributed by atoms with Crippen LogP contribution in [0.3, 0.4) is 0 Å². The molecule has 2 saturated heterocycles. The molecule has 2 fully saturated rings. The topological polar surface area (TPSA) is 267 Å². The van der Waals surface area contributed by atoms with E-state index in [1.54, 1.807) is 10.1 Å². The molecule has 0 aliphatic carbocycles. The number of carbonyl (C=O) groups excluding carboxylic acids is 7. The van der Waals surface area contributed by atoms with E-state index in [0.717, 1.165) is 22.7 Å². The molecule has 2 unspecified atom stereocenters. The molecule has 65 heavy (non-hydrogen) atoms. The van der Waals surface area contributed by atoms with Gasteiger partial charge in [-0.15, -0.1) is 22.7 Å². The van der Waals surface area contributed by atoms with Crippen LogP contribution in [0, 0.1) is 36.0 Å². The highest BCUT2D eigenvalue weighted by Gasteiger charge is 2.43. The number of anilines is 1. The first-order valence-electron chi connectivity index (χ1n) is 18.7. The van der Waals surface area contributed by atoms with Crippen LogP contribution in [0.15, 0.2) is 19.9 Å². The Morgan fingerprint density at radius 1 is 0.723 bits per heavy atom. The number of sulfonamides is 2. The summed E-state index contributed by atoms with van der Waals surface area (Å²) in [5, 5.41) is 10.1. The van der Waals surface area contributed by atoms with Crippen LogP contribution in [0.1, 0.15) is 79.9 Å². The zero-order chi connectivity index (χ0) is 47.4. The minimum absolute atomic E-state index is 0.00398. The van der Waals surface area contributed by atoms with Crippen LogP contribution in [-0.2, 0) is 70.2 Å². The molecule has 0 saturated carbocycles. The Balaban J connectivity index is 0.000000194. The fourth-order valence-corrected chi connectivity index (χ4v) is 13.0. The van der Waals surface area contributed by atoms with Gasteiger partial charge in [-0.2, -0.15) is 0 Å². The Labute approximate surface area is 375 Å². The number of thiazole rings is 1. The molecule has 2 atom stereocenters. The van der Waals surface area contributed by atoms with Gasteiger partial charge in [0, 0.05) is 66.5 Å². The van der Waals surface area contributed by atoms with Gasteiger partial charge in [-0.1, -0.05) is 11.3 Å². The highest BCUT2D eigenvalue weighted by Crippen LogP contribution is 2.36. The normalized spacial score (nSPS) is 18.6. The molecule has 7 amide bonds. The third-order valence-electron chi connectivity index (χ3n) is 10.3. The number of hydrogen-bond acceptors (Lipinski definition) is 15. The van der Waals surface area contributed by atoms with E-state index < -0.39 is 96.3 Å². The Hall–Kier alpha value is -5.59. The predicted molar refractivity (Wildman–Crippen MR) is 216 cm³/mol. The molecule has 5 N–H and O–H groups in total. The Morgan fingerprint density at radius 3 is 1.58 bits per heavy atom. The minimum Gasteiger partial charge on any atom is -0.322 e. The molecule has 0 bridgehead atoms. The first-order valence-corrected chi connectivity index (χ1v) is 24.3. The fraction of sp³-hybridized carbons (Fsp3) is 0.333. The molecule has 0 spiro atoms. The molecule has 0 radical (unpaired) electrons. The van der Waals surface area contributed by atoms with Crippen molar-refractivity contribution < 1.29 is 72.3 Å². The third-order valence-corrected chi connectivity index (χ3v) is 16.9. The van der Waals surface area contributed by atoms with Gasteiger partial charge in [0.2, 0.25) is 45.4 Å². The number of aromatic nitrogens is 1. The molecule has 8 rings (SSSR count). The first-order chi connectivity index (χ1) is 30.5. The number of carbonyl (C=O) groups is 7. The van der Waals surface area contributed by atoms with Crippen molar-refractivity contribution in [2.45, 2.75) is 86.9 Å². The molecule has 4 aromatic rings. The maximum atomic E-state index is 13.9. The summed E-state index contributed by atoms with van der Waals surface area (Å²) in [7, 11) is -9.08. The lowest BCUT2D eigenvalue weighted by Gasteiger charge is -2.29. The van der Waals surface area contributed by atoms with Crippen molar-refractivity contribution in [3.05, 3.63) is 77.5 Å². The number of benzene rings is 1. The van der Waals surface area contributed by atoms with Gasteiger partial charge in [0.15, 0.2) is 37.5 Å². The molecule has 7 heterocycles. The summed E-state index contributed by atoms with van der Waals surface area (Å²) in [4.78, 5) is 89.2. The van der Waals surface area contributed by atoms with Crippen LogP contribution in [0.5, 0.6) is 0 Å². The number of nitrogens with zero attached hydrogens (tertiary/aromatic N) is 3. The highest BCUT2D eigenvalue weighted by atomic mass is 32.2. The number of halogens is 5. The number of amides is 7. The van der Waals surface area contributed by atoms with Crippen molar-refractivity contribution in [1.82, 2.24) is 34.9 Å². The van der Waals surface area contributed by atoms with Crippen molar-refractivity contribution in [3.8, 4) is 0 Å². The van der Waals surface area contributed by atoms with Gasteiger partial charge >= 0.3 is 0 Å². The van der Waals surface area contributed by atoms with Gasteiger partial charge in [0.05, 0.1) is 16.8 Å². The third kappa shape index (κ3) is 9.16. The number of nitrogens with one attached hydrogen (secondary N) is 5. The van der Waals surface area contributed by atoms with Gasteiger partial charge < -0.3 is 15.1 Å². The van der Waals surface area contributed by atoms with E-state index in [-0.39, 0.29) is 88.5 Å². The minimum atomic E-state index is -5.18. The second kappa shape index (κ2) is 18.0. The lowest BCUT2D eigenvalue weighted by Crippen LogP contribution is -2.52. The zero-order valence-electron chi connectivity index (χ0n) is 33.2.